The van der Waals surface area contributed by atoms with Crippen molar-refractivity contribution in [1.29, 1.82) is 0 Å². The summed E-state index contributed by atoms with van der Waals surface area (Å²) in [5, 5.41) is 9.18. The molecule has 0 heterocycles. The maximum absolute atomic E-state index is 9.18. The van der Waals surface area contributed by atoms with E-state index < -0.39 is 0 Å². The molecule has 0 aliphatic heterocycles. The lowest BCUT2D eigenvalue weighted by Crippen LogP contribution is -2.48. The minimum Gasteiger partial charge on any atom is -0.396 e. The van der Waals surface area contributed by atoms with Gasteiger partial charge in [0, 0.05) is 25.2 Å². The van der Waals surface area contributed by atoms with Crippen molar-refractivity contribution in [2.45, 2.75) is 57.7 Å². The number of nitrogens with two attached hydrogens (primary N) is 1. The highest BCUT2D eigenvalue weighted by Gasteiger charge is 2.33. The molecule has 0 amide bonds. The van der Waals surface area contributed by atoms with E-state index in [9.17, 15) is 5.11 Å². The van der Waals surface area contributed by atoms with Gasteiger partial charge in [0.2, 0.25) is 0 Å². The third-order valence-electron chi connectivity index (χ3n) is 4.48. The fraction of sp³-hybridized carbons (Fsp3) is 0.647. The van der Waals surface area contributed by atoms with Crippen LogP contribution in [0.15, 0.2) is 24.3 Å². The maximum Gasteiger partial charge on any atom is 0.0502 e. The summed E-state index contributed by atoms with van der Waals surface area (Å²) >= 11 is 0. The molecule has 0 spiro atoms. The summed E-state index contributed by atoms with van der Waals surface area (Å²) in [6, 6.07) is 9.53. The standard InChI is InChI=1S/C17H28N2O/c1-13-7-3-4-10-16(13)17(14(2)18)19(11-6-12-20)15-8-5-9-15/h3-4,7,10,14-15,17,20H,5-6,8-9,11-12,18H2,1-2H3. The zero-order valence-corrected chi connectivity index (χ0v) is 12.8. The summed E-state index contributed by atoms with van der Waals surface area (Å²) in [6.45, 7) is 5.45. The fourth-order valence-corrected chi connectivity index (χ4v) is 3.20. The summed E-state index contributed by atoms with van der Waals surface area (Å²) in [7, 11) is 0. The van der Waals surface area contributed by atoms with Gasteiger partial charge < -0.3 is 10.8 Å². The Bertz CT molecular complexity index is 415. The lowest BCUT2D eigenvalue weighted by atomic mass is 9.86. The summed E-state index contributed by atoms with van der Waals surface area (Å²) in [5.41, 5.74) is 8.97. The van der Waals surface area contributed by atoms with Gasteiger partial charge in [0.15, 0.2) is 0 Å². The normalized spacial score (nSPS) is 18.9. The first kappa shape index (κ1) is 15.5. The molecule has 1 fully saturated rings. The summed E-state index contributed by atoms with van der Waals surface area (Å²) in [5.74, 6) is 0. The average molecular weight is 276 g/mol. The number of aryl methyl sites for hydroxylation is 1. The third-order valence-corrected chi connectivity index (χ3v) is 4.48. The van der Waals surface area contributed by atoms with Crippen LogP contribution >= 0.6 is 0 Å². The molecule has 0 radical (unpaired) electrons. The Morgan fingerprint density at radius 1 is 1.35 bits per heavy atom. The Hall–Kier alpha value is -0.900. The number of hydrogen-bond acceptors (Lipinski definition) is 3. The van der Waals surface area contributed by atoms with Crippen LogP contribution in [0.5, 0.6) is 0 Å². The molecule has 0 aromatic heterocycles. The van der Waals surface area contributed by atoms with Gasteiger partial charge >= 0.3 is 0 Å². The maximum atomic E-state index is 9.18. The SMILES string of the molecule is Cc1ccccc1C(C(C)N)N(CCCO)C1CCC1. The molecule has 0 bridgehead atoms. The highest BCUT2D eigenvalue weighted by Crippen LogP contribution is 2.35. The number of aliphatic hydroxyl groups is 1. The number of aliphatic hydroxyl groups excluding tert-OH is 1. The first-order valence-corrected chi connectivity index (χ1v) is 7.83. The number of nitrogens with zero attached hydrogens (tertiary/aromatic N) is 1. The van der Waals surface area contributed by atoms with Gasteiger partial charge in [-0.2, -0.15) is 0 Å². The first-order chi connectivity index (χ1) is 9.65. The van der Waals surface area contributed by atoms with Crippen LogP contribution in [-0.2, 0) is 0 Å². The second-order valence-electron chi connectivity index (χ2n) is 6.06. The van der Waals surface area contributed by atoms with Crippen LogP contribution in [0.4, 0.5) is 0 Å². The van der Waals surface area contributed by atoms with Crippen molar-refractivity contribution in [2.75, 3.05) is 13.2 Å². The van der Waals surface area contributed by atoms with Gasteiger partial charge in [-0.25, -0.2) is 0 Å². The molecule has 2 atom stereocenters. The molecule has 2 unspecified atom stereocenters. The van der Waals surface area contributed by atoms with E-state index in [1.165, 1.54) is 30.4 Å². The summed E-state index contributed by atoms with van der Waals surface area (Å²) in [6.07, 6.45) is 4.67. The molecule has 20 heavy (non-hydrogen) atoms. The molecule has 3 N–H and O–H groups in total. The van der Waals surface area contributed by atoms with E-state index in [-0.39, 0.29) is 18.7 Å². The van der Waals surface area contributed by atoms with Gasteiger partial charge in [0.05, 0.1) is 6.04 Å². The van der Waals surface area contributed by atoms with Crippen LogP contribution in [-0.4, -0.2) is 35.2 Å². The van der Waals surface area contributed by atoms with E-state index in [0.29, 0.717) is 6.04 Å². The monoisotopic (exact) mass is 276 g/mol. The van der Waals surface area contributed by atoms with Crippen LogP contribution in [0.1, 0.15) is 49.8 Å². The molecule has 1 aromatic rings. The van der Waals surface area contributed by atoms with Crippen molar-refractivity contribution in [3.8, 4) is 0 Å². The van der Waals surface area contributed by atoms with Crippen LogP contribution in [0.25, 0.3) is 0 Å². The molecule has 1 aliphatic rings. The molecule has 3 nitrogen and oxygen atoms in total. The zero-order valence-electron chi connectivity index (χ0n) is 12.8. The summed E-state index contributed by atoms with van der Waals surface area (Å²) < 4.78 is 0. The van der Waals surface area contributed by atoms with Gasteiger partial charge in [-0.1, -0.05) is 30.7 Å². The smallest absolute Gasteiger partial charge is 0.0502 e. The number of hydrogen-bond donors (Lipinski definition) is 2. The van der Waals surface area contributed by atoms with E-state index >= 15 is 0 Å². The molecule has 112 valence electrons. The van der Waals surface area contributed by atoms with Crippen LogP contribution in [0.2, 0.25) is 0 Å². The highest BCUT2D eigenvalue weighted by molar-refractivity contribution is 5.30. The van der Waals surface area contributed by atoms with Crippen molar-refractivity contribution in [3.63, 3.8) is 0 Å². The molecular weight excluding hydrogens is 248 g/mol. The predicted octanol–water partition coefficient (Wildman–Crippen LogP) is 2.62. The minimum absolute atomic E-state index is 0.0930. The van der Waals surface area contributed by atoms with E-state index in [4.69, 9.17) is 5.73 Å². The second-order valence-corrected chi connectivity index (χ2v) is 6.06. The topological polar surface area (TPSA) is 49.5 Å². The Kier molecular flexibility index (Phi) is 5.58. The Morgan fingerprint density at radius 3 is 2.55 bits per heavy atom. The van der Waals surface area contributed by atoms with Gasteiger partial charge in [0.1, 0.15) is 0 Å². The van der Waals surface area contributed by atoms with Gasteiger partial charge in [0.25, 0.3) is 0 Å². The molecule has 3 heteroatoms. The van der Waals surface area contributed by atoms with Gasteiger partial charge in [-0.3, -0.25) is 4.90 Å². The van der Waals surface area contributed by atoms with Crippen molar-refractivity contribution in [3.05, 3.63) is 35.4 Å². The van der Waals surface area contributed by atoms with E-state index in [2.05, 4.69) is 43.0 Å². The van der Waals surface area contributed by atoms with Crippen molar-refractivity contribution in [2.24, 2.45) is 5.73 Å². The fourth-order valence-electron chi connectivity index (χ4n) is 3.20. The van der Waals surface area contributed by atoms with E-state index in [1.807, 2.05) is 0 Å². The quantitative estimate of drug-likeness (QED) is 0.805. The van der Waals surface area contributed by atoms with E-state index in [1.54, 1.807) is 0 Å². The molecule has 2 rings (SSSR count). The van der Waals surface area contributed by atoms with Crippen LogP contribution < -0.4 is 5.73 Å². The van der Waals surface area contributed by atoms with Crippen LogP contribution in [0, 0.1) is 6.92 Å². The number of benzene rings is 1. The zero-order chi connectivity index (χ0) is 14.5. The van der Waals surface area contributed by atoms with E-state index in [0.717, 1.165) is 13.0 Å². The lowest BCUT2D eigenvalue weighted by molar-refractivity contribution is 0.0610. The first-order valence-electron chi connectivity index (χ1n) is 7.83. The Balaban J connectivity index is 2.26. The van der Waals surface area contributed by atoms with Crippen molar-refractivity contribution >= 4 is 0 Å². The highest BCUT2D eigenvalue weighted by atomic mass is 16.3. The molecule has 0 saturated heterocycles. The third kappa shape index (κ3) is 3.40. The van der Waals surface area contributed by atoms with Crippen molar-refractivity contribution in [1.82, 2.24) is 4.90 Å². The largest absolute Gasteiger partial charge is 0.396 e. The molecule has 1 aromatic carbocycles. The number of rotatable bonds is 7. The summed E-state index contributed by atoms with van der Waals surface area (Å²) in [4.78, 5) is 2.53. The van der Waals surface area contributed by atoms with Crippen molar-refractivity contribution < 1.29 is 5.11 Å². The van der Waals surface area contributed by atoms with Gasteiger partial charge in [-0.05, 0) is 44.2 Å². The second kappa shape index (κ2) is 7.21. The molecule has 1 aliphatic carbocycles. The Labute approximate surface area is 122 Å². The molecular formula is C17H28N2O. The van der Waals surface area contributed by atoms with Crippen LogP contribution in [0.3, 0.4) is 0 Å². The lowest BCUT2D eigenvalue weighted by Gasteiger charge is -2.44. The average Bonchev–Trinajstić information content (AvgIpc) is 2.35. The molecule has 1 saturated carbocycles. The Morgan fingerprint density at radius 2 is 2.05 bits per heavy atom. The van der Waals surface area contributed by atoms with Gasteiger partial charge in [-0.15, -0.1) is 0 Å². The predicted molar refractivity (Wildman–Crippen MR) is 83.6 cm³/mol. The minimum atomic E-state index is 0.0930.